The van der Waals surface area contributed by atoms with Crippen LogP contribution in [0.5, 0.6) is 0 Å². The molecule has 1 rings (SSSR count). The Morgan fingerprint density at radius 3 is 3.23 bits per heavy atom. The van der Waals surface area contributed by atoms with Crippen LogP contribution in [0.25, 0.3) is 0 Å². The van der Waals surface area contributed by atoms with E-state index in [9.17, 15) is 4.79 Å². The first-order chi connectivity index (χ1) is 6.27. The number of thioether (sulfide) groups is 1. The lowest BCUT2D eigenvalue weighted by molar-refractivity contribution is -0.152. The van der Waals surface area contributed by atoms with Crippen molar-refractivity contribution in [2.75, 3.05) is 18.6 Å². The summed E-state index contributed by atoms with van der Waals surface area (Å²) in [6.07, 6.45) is 0.0529. The fourth-order valence-corrected chi connectivity index (χ4v) is 1.60. The molecule has 13 heavy (non-hydrogen) atoms. The van der Waals surface area contributed by atoms with E-state index < -0.39 is 6.10 Å². The molecule has 0 aliphatic carbocycles. The molecule has 0 spiro atoms. The Morgan fingerprint density at radius 1 is 1.85 bits per heavy atom. The van der Waals surface area contributed by atoms with Gasteiger partial charge in [0, 0.05) is 12.2 Å². The van der Waals surface area contributed by atoms with Gasteiger partial charge in [-0.15, -0.1) is 0 Å². The normalized spacial score (nSPS) is 20.8. The summed E-state index contributed by atoms with van der Waals surface area (Å²) in [6.45, 7) is 2.08. The fraction of sp³-hybridized carbons (Fsp3) is 0.750. The Kier molecular flexibility index (Phi) is 4.08. The van der Waals surface area contributed by atoms with Crippen molar-refractivity contribution in [3.63, 3.8) is 0 Å². The zero-order valence-electron chi connectivity index (χ0n) is 7.78. The van der Waals surface area contributed by atoms with E-state index in [-0.39, 0.29) is 5.97 Å². The van der Waals surface area contributed by atoms with E-state index in [1.54, 1.807) is 11.8 Å². The minimum absolute atomic E-state index is 0.347. The Labute approximate surface area is 81.6 Å². The molecular formula is C8H13NO3S. The third-order valence-electron chi connectivity index (χ3n) is 1.67. The number of rotatable bonds is 4. The van der Waals surface area contributed by atoms with Crippen molar-refractivity contribution >= 4 is 23.4 Å². The third-order valence-corrected chi connectivity index (χ3v) is 2.61. The van der Waals surface area contributed by atoms with Crippen molar-refractivity contribution < 1.29 is 14.4 Å². The summed E-state index contributed by atoms with van der Waals surface area (Å²) in [5, 5.41) is 3.82. The zero-order valence-corrected chi connectivity index (χ0v) is 8.60. The molecule has 1 atom stereocenters. The standard InChI is InChI=1S/C8H13NO3S/c1-3-13-5-6-4-7(12-9-6)8(10)11-2/h7H,3-5H2,1-2H3. The second-order valence-electron chi connectivity index (χ2n) is 2.62. The van der Waals surface area contributed by atoms with Crippen molar-refractivity contribution in [3.8, 4) is 0 Å². The van der Waals surface area contributed by atoms with Crippen LogP contribution in [-0.2, 0) is 14.4 Å². The number of methoxy groups -OCH3 is 1. The highest BCUT2D eigenvalue weighted by molar-refractivity contribution is 7.99. The second kappa shape index (κ2) is 5.11. The van der Waals surface area contributed by atoms with Gasteiger partial charge in [0.05, 0.1) is 12.8 Å². The van der Waals surface area contributed by atoms with Crippen LogP contribution >= 0.6 is 11.8 Å². The van der Waals surface area contributed by atoms with Crippen LogP contribution in [0, 0.1) is 0 Å². The van der Waals surface area contributed by atoms with E-state index in [2.05, 4.69) is 16.8 Å². The van der Waals surface area contributed by atoms with Gasteiger partial charge in [-0.2, -0.15) is 11.8 Å². The van der Waals surface area contributed by atoms with Crippen molar-refractivity contribution in [3.05, 3.63) is 0 Å². The summed E-state index contributed by atoms with van der Waals surface area (Å²) in [7, 11) is 1.35. The molecule has 0 N–H and O–H groups in total. The Balaban J connectivity index is 2.29. The van der Waals surface area contributed by atoms with Gasteiger partial charge in [-0.3, -0.25) is 0 Å². The molecule has 0 fully saturated rings. The van der Waals surface area contributed by atoms with E-state index in [0.717, 1.165) is 17.2 Å². The van der Waals surface area contributed by atoms with Crippen molar-refractivity contribution in [1.82, 2.24) is 0 Å². The molecule has 0 aromatic carbocycles. The van der Waals surface area contributed by atoms with Crippen LogP contribution in [0.3, 0.4) is 0 Å². The summed E-state index contributed by atoms with van der Waals surface area (Å²) in [5.41, 5.74) is 0.933. The van der Waals surface area contributed by atoms with Crippen LogP contribution in [0.15, 0.2) is 5.16 Å². The SMILES string of the molecule is CCSCC1=NOC(C(=O)OC)C1. The van der Waals surface area contributed by atoms with Crippen LogP contribution < -0.4 is 0 Å². The third kappa shape index (κ3) is 2.91. The molecule has 0 bridgehead atoms. The Morgan fingerprint density at radius 2 is 2.62 bits per heavy atom. The maximum absolute atomic E-state index is 11.0. The Bertz CT molecular complexity index is 217. The second-order valence-corrected chi connectivity index (χ2v) is 3.89. The minimum atomic E-state index is -0.516. The van der Waals surface area contributed by atoms with Gasteiger partial charge in [-0.25, -0.2) is 4.79 Å². The van der Waals surface area contributed by atoms with Crippen LogP contribution in [0.2, 0.25) is 0 Å². The Hall–Kier alpha value is -0.710. The average Bonchev–Trinajstić information content (AvgIpc) is 2.62. The number of carbonyl (C=O) groups is 1. The molecular weight excluding hydrogens is 190 g/mol. The molecule has 0 aromatic heterocycles. The zero-order chi connectivity index (χ0) is 9.68. The lowest BCUT2D eigenvalue weighted by Crippen LogP contribution is -2.22. The van der Waals surface area contributed by atoms with Gasteiger partial charge >= 0.3 is 5.97 Å². The summed E-state index contributed by atoms with van der Waals surface area (Å²) < 4.78 is 4.54. The van der Waals surface area contributed by atoms with Crippen LogP contribution in [0.4, 0.5) is 0 Å². The molecule has 1 unspecified atom stereocenters. The summed E-state index contributed by atoms with van der Waals surface area (Å²) >= 11 is 1.76. The summed E-state index contributed by atoms with van der Waals surface area (Å²) in [6, 6.07) is 0. The van der Waals surface area contributed by atoms with Gasteiger partial charge in [0.2, 0.25) is 6.10 Å². The highest BCUT2D eigenvalue weighted by Crippen LogP contribution is 2.14. The molecule has 1 heterocycles. The monoisotopic (exact) mass is 203 g/mol. The molecule has 74 valence electrons. The number of hydrogen-bond acceptors (Lipinski definition) is 5. The fourth-order valence-electron chi connectivity index (χ4n) is 0.990. The highest BCUT2D eigenvalue weighted by Gasteiger charge is 2.28. The molecule has 0 saturated carbocycles. The smallest absolute Gasteiger partial charge is 0.350 e. The summed E-state index contributed by atoms with van der Waals surface area (Å²) in [4.78, 5) is 15.9. The minimum Gasteiger partial charge on any atom is -0.466 e. The molecule has 0 amide bonds. The highest BCUT2D eigenvalue weighted by atomic mass is 32.2. The lowest BCUT2D eigenvalue weighted by atomic mass is 10.2. The first kappa shape index (κ1) is 10.4. The average molecular weight is 203 g/mol. The number of ether oxygens (including phenoxy) is 1. The lowest BCUT2D eigenvalue weighted by Gasteiger charge is -2.03. The van der Waals surface area contributed by atoms with Crippen LogP contribution in [-0.4, -0.2) is 36.4 Å². The number of esters is 1. The van der Waals surface area contributed by atoms with E-state index in [0.29, 0.717) is 6.42 Å². The van der Waals surface area contributed by atoms with Gasteiger partial charge in [0.25, 0.3) is 0 Å². The maximum atomic E-state index is 11.0. The number of carbonyl (C=O) groups excluding carboxylic acids is 1. The van der Waals surface area contributed by atoms with Crippen LogP contribution in [0.1, 0.15) is 13.3 Å². The first-order valence-electron chi connectivity index (χ1n) is 4.15. The maximum Gasteiger partial charge on any atom is 0.350 e. The van der Waals surface area contributed by atoms with Crippen molar-refractivity contribution in [2.24, 2.45) is 5.16 Å². The predicted molar refractivity (Wildman–Crippen MR) is 51.9 cm³/mol. The van der Waals surface area contributed by atoms with Gasteiger partial charge in [-0.05, 0) is 5.75 Å². The van der Waals surface area contributed by atoms with Gasteiger partial charge in [-0.1, -0.05) is 12.1 Å². The van der Waals surface area contributed by atoms with E-state index in [1.807, 2.05) is 0 Å². The van der Waals surface area contributed by atoms with E-state index in [4.69, 9.17) is 4.84 Å². The van der Waals surface area contributed by atoms with E-state index >= 15 is 0 Å². The molecule has 1 aliphatic rings. The quantitative estimate of drug-likeness (QED) is 0.641. The summed E-state index contributed by atoms with van der Waals surface area (Å²) in [5.74, 6) is 1.53. The number of oxime groups is 1. The molecule has 4 nitrogen and oxygen atoms in total. The van der Waals surface area contributed by atoms with E-state index in [1.165, 1.54) is 7.11 Å². The topological polar surface area (TPSA) is 47.9 Å². The molecule has 0 radical (unpaired) electrons. The van der Waals surface area contributed by atoms with Crippen molar-refractivity contribution in [1.29, 1.82) is 0 Å². The molecule has 0 aromatic rings. The van der Waals surface area contributed by atoms with Crippen molar-refractivity contribution in [2.45, 2.75) is 19.4 Å². The first-order valence-corrected chi connectivity index (χ1v) is 5.30. The number of hydrogen-bond donors (Lipinski definition) is 0. The largest absolute Gasteiger partial charge is 0.466 e. The molecule has 5 heteroatoms. The molecule has 1 aliphatic heterocycles. The van der Waals surface area contributed by atoms with Gasteiger partial charge < -0.3 is 9.57 Å². The van der Waals surface area contributed by atoms with Gasteiger partial charge in [0.1, 0.15) is 0 Å². The molecule has 0 saturated heterocycles. The van der Waals surface area contributed by atoms with Gasteiger partial charge in [0.15, 0.2) is 0 Å². The number of nitrogens with zero attached hydrogens (tertiary/aromatic N) is 1. The predicted octanol–water partition coefficient (Wildman–Crippen LogP) is 1.06.